The number of benzene rings is 1. The Morgan fingerprint density at radius 1 is 1.17 bits per heavy atom. The summed E-state index contributed by atoms with van der Waals surface area (Å²) in [7, 11) is 1.82. The van der Waals surface area contributed by atoms with E-state index in [1.165, 1.54) is 62.9 Å². The van der Waals surface area contributed by atoms with Crippen LogP contribution in [0.15, 0.2) is 41.5 Å². The first-order valence-electron chi connectivity index (χ1n) is 11.1. The number of guanidine groups is 1. The lowest BCUT2D eigenvalue weighted by Gasteiger charge is -2.22. The molecule has 0 bridgehead atoms. The van der Waals surface area contributed by atoms with E-state index in [1.807, 2.05) is 7.05 Å². The Morgan fingerprint density at radius 2 is 1.93 bits per heavy atom. The van der Waals surface area contributed by atoms with Gasteiger partial charge in [-0.3, -0.25) is 9.67 Å². The Morgan fingerprint density at radius 3 is 2.67 bits per heavy atom. The zero-order chi connectivity index (χ0) is 20.1. The molecule has 30 heavy (non-hydrogen) atoms. The van der Waals surface area contributed by atoms with Gasteiger partial charge < -0.3 is 15.5 Å². The topological polar surface area (TPSA) is 57.5 Å². The van der Waals surface area contributed by atoms with Crippen LogP contribution in [0.1, 0.15) is 68.8 Å². The molecule has 1 aliphatic carbocycles. The van der Waals surface area contributed by atoms with Crippen molar-refractivity contribution in [2.45, 2.75) is 64.1 Å². The van der Waals surface area contributed by atoms with E-state index in [2.05, 4.69) is 68.7 Å². The molecule has 1 aromatic heterocycles. The molecule has 1 atom stereocenters. The fraction of sp³-hybridized carbons (Fsp3) is 0.565. The summed E-state index contributed by atoms with van der Waals surface area (Å²) < 4.78 is 2.15. The molecule has 0 spiro atoms. The first-order chi connectivity index (χ1) is 14.2. The van der Waals surface area contributed by atoms with Crippen molar-refractivity contribution in [3.63, 3.8) is 0 Å². The zero-order valence-electron chi connectivity index (χ0n) is 18.2. The molecule has 7 heteroatoms. The quantitative estimate of drug-likeness (QED) is 0.330. The van der Waals surface area contributed by atoms with Gasteiger partial charge in [-0.15, -0.1) is 24.0 Å². The van der Waals surface area contributed by atoms with Crippen LogP contribution in [0.4, 0.5) is 5.69 Å². The largest absolute Gasteiger partial charge is 0.372 e. The second-order valence-corrected chi connectivity index (χ2v) is 8.31. The number of aliphatic imine (C=N–C) groups is 1. The number of anilines is 1. The van der Waals surface area contributed by atoms with E-state index < -0.39 is 0 Å². The molecule has 1 unspecified atom stereocenters. The molecule has 4 rings (SSSR count). The minimum absolute atomic E-state index is 0. The average Bonchev–Trinajstić information content (AvgIpc) is 3.52. The number of nitrogens with one attached hydrogen (secondary N) is 2. The maximum Gasteiger partial charge on any atom is 0.191 e. The van der Waals surface area contributed by atoms with Crippen molar-refractivity contribution in [2.24, 2.45) is 4.99 Å². The van der Waals surface area contributed by atoms with Gasteiger partial charge in [0, 0.05) is 32.0 Å². The van der Waals surface area contributed by atoms with Gasteiger partial charge in [-0.2, -0.15) is 5.10 Å². The number of hydrogen-bond acceptors (Lipinski definition) is 3. The van der Waals surface area contributed by atoms with E-state index >= 15 is 0 Å². The van der Waals surface area contributed by atoms with Crippen LogP contribution in [0.3, 0.4) is 0 Å². The third kappa shape index (κ3) is 5.68. The zero-order valence-corrected chi connectivity index (χ0v) is 20.5. The normalized spacial score (nSPS) is 18.3. The first kappa shape index (κ1) is 22.9. The van der Waals surface area contributed by atoms with Crippen LogP contribution in [-0.2, 0) is 6.54 Å². The highest BCUT2D eigenvalue weighted by Crippen LogP contribution is 2.28. The SMILES string of the molecule is CN=C(NCc1ccn(C2CCCC2)n1)NC(C)c1cccc(N2CCCC2)c1.I. The number of aromatic nitrogens is 2. The van der Waals surface area contributed by atoms with Gasteiger partial charge in [0.25, 0.3) is 0 Å². The summed E-state index contributed by atoms with van der Waals surface area (Å²) >= 11 is 0. The fourth-order valence-corrected chi connectivity index (χ4v) is 4.47. The van der Waals surface area contributed by atoms with Crippen LogP contribution >= 0.6 is 24.0 Å². The summed E-state index contributed by atoms with van der Waals surface area (Å²) in [4.78, 5) is 6.88. The van der Waals surface area contributed by atoms with Gasteiger partial charge in [-0.25, -0.2) is 0 Å². The Bertz CT molecular complexity index is 821. The molecule has 164 valence electrons. The standard InChI is InChI=1S/C23H34N6.HI/c1-18(19-8-7-11-22(16-19)28-13-5-6-14-28)26-23(24-2)25-17-20-12-15-29(27-20)21-9-3-4-10-21;/h7-8,11-12,15-16,18,21H,3-6,9-10,13-14,17H2,1-2H3,(H2,24,25,26);1H. The lowest BCUT2D eigenvalue weighted by molar-refractivity contribution is 0.462. The molecule has 2 aromatic rings. The minimum atomic E-state index is 0. The van der Waals surface area contributed by atoms with Gasteiger partial charge in [-0.1, -0.05) is 25.0 Å². The average molecular weight is 522 g/mol. The summed E-state index contributed by atoms with van der Waals surface area (Å²) in [5.74, 6) is 0.805. The summed E-state index contributed by atoms with van der Waals surface area (Å²) in [5, 5.41) is 11.7. The molecule has 2 heterocycles. The minimum Gasteiger partial charge on any atom is -0.372 e. The summed E-state index contributed by atoms with van der Waals surface area (Å²) in [6.07, 6.45) is 9.88. The fourth-order valence-electron chi connectivity index (χ4n) is 4.47. The van der Waals surface area contributed by atoms with Crippen LogP contribution in [-0.4, -0.2) is 35.9 Å². The molecule has 1 aromatic carbocycles. The van der Waals surface area contributed by atoms with Crippen molar-refractivity contribution < 1.29 is 0 Å². The van der Waals surface area contributed by atoms with Crippen molar-refractivity contribution >= 4 is 35.6 Å². The Labute approximate surface area is 197 Å². The van der Waals surface area contributed by atoms with Crippen LogP contribution < -0.4 is 15.5 Å². The third-order valence-corrected chi connectivity index (χ3v) is 6.22. The Hall–Kier alpha value is -1.77. The second kappa shape index (κ2) is 11.0. The van der Waals surface area contributed by atoms with Crippen LogP contribution in [0.25, 0.3) is 0 Å². The molecule has 1 aliphatic heterocycles. The summed E-state index contributed by atoms with van der Waals surface area (Å²) in [6, 6.07) is 11.8. The molecule has 2 aliphatic rings. The summed E-state index contributed by atoms with van der Waals surface area (Å²) in [6.45, 7) is 5.20. The van der Waals surface area contributed by atoms with Crippen molar-refractivity contribution in [1.29, 1.82) is 0 Å². The number of nitrogens with zero attached hydrogens (tertiary/aromatic N) is 4. The maximum atomic E-state index is 4.76. The lowest BCUT2D eigenvalue weighted by atomic mass is 10.1. The van der Waals surface area contributed by atoms with E-state index in [0.29, 0.717) is 12.6 Å². The highest BCUT2D eigenvalue weighted by atomic mass is 127. The van der Waals surface area contributed by atoms with Crippen molar-refractivity contribution in [2.75, 3.05) is 25.0 Å². The predicted octanol–water partition coefficient (Wildman–Crippen LogP) is 4.64. The van der Waals surface area contributed by atoms with Crippen molar-refractivity contribution in [1.82, 2.24) is 20.4 Å². The van der Waals surface area contributed by atoms with E-state index in [-0.39, 0.29) is 30.0 Å². The van der Waals surface area contributed by atoms with Gasteiger partial charge in [0.15, 0.2) is 5.96 Å². The van der Waals surface area contributed by atoms with E-state index in [0.717, 1.165) is 11.7 Å². The van der Waals surface area contributed by atoms with Crippen LogP contribution in [0.5, 0.6) is 0 Å². The molecule has 2 N–H and O–H groups in total. The molecule has 1 saturated heterocycles. The highest BCUT2D eigenvalue weighted by molar-refractivity contribution is 14.0. The molecule has 0 radical (unpaired) electrons. The molecule has 2 fully saturated rings. The summed E-state index contributed by atoms with van der Waals surface area (Å²) in [5.41, 5.74) is 3.67. The van der Waals surface area contributed by atoms with E-state index in [1.54, 1.807) is 0 Å². The van der Waals surface area contributed by atoms with E-state index in [9.17, 15) is 0 Å². The van der Waals surface area contributed by atoms with Crippen LogP contribution in [0.2, 0.25) is 0 Å². The molecule has 0 amide bonds. The Kier molecular flexibility index (Phi) is 8.41. The van der Waals surface area contributed by atoms with Gasteiger partial charge in [0.1, 0.15) is 0 Å². The molecular weight excluding hydrogens is 487 g/mol. The van der Waals surface area contributed by atoms with Gasteiger partial charge in [-0.05, 0) is 56.4 Å². The predicted molar refractivity (Wildman–Crippen MR) is 135 cm³/mol. The molecular formula is C23H35IN6. The van der Waals surface area contributed by atoms with E-state index in [4.69, 9.17) is 5.10 Å². The number of hydrogen-bond donors (Lipinski definition) is 2. The Balaban J connectivity index is 0.00000256. The third-order valence-electron chi connectivity index (χ3n) is 6.22. The lowest BCUT2D eigenvalue weighted by Crippen LogP contribution is -2.38. The molecule has 6 nitrogen and oxygen atoms in total. The van der Waals surface area contributed by atoms with Crippen LogP contribution in [0, 0.1) is 0 Å². The monoisotopic (exact) mass is 522 g/mol. The van der Waals surface area contributed by atoms with Crippen molar-refractivity contribution in [3.05, 3.63) is 47.8 Å². The van der Waals surface area contributed by atoms with Gasteiger partial charge in [0.05, 0.1) is 24.3 Å². The molecule has 1 saturated carbocycles. The second-order valence-electron chi connectivity index (χ2n) is 8.31. The smallest absolute Gasteiger partial charge is 0.191 e. The van der Waals surface area contributed by atoms with Gasteiger partial charge >= 0.3 is 0 Å². The first-order valence-corrected chi connectivity index (χ1v) is 11.1. The maximum absolute atomic E-state index is 4.76. The van der Waals surface area contributed by atoms with Gasteiger partial charge in [0.2, 0.25) is 0 Å². The number of halogens is 1. The number of rotatable bonds is 6. The van der Waals surface area contributed by atoms with Crippen molar-refractivity contribution in [3.8, 4) is 0 Å². The highest BCUT2D eigenvalue weighted by Gasteiger charge is 2.18.